The zero-order valence-electron chi connectivity index (χ0n) is 11.8. The zero-order chi connectivity index (χ0) is 12.4. The monoisotopic (exact) mass is 268 g/mol. The van der Waals surface area contributed by atoms with Crippen molar-refractivity contribution in [1.29, 1.82) is 0 Å². The van der Waals surface area contributed by atoms with Crippen LogP contribution < -0.4 is 5.32 Å². The molecular formula is C15H28N2S. The van der Waals surface area contributed by atoms with Crippen LogP contribution in [-0.4, -0.2) is 47.1 Å². The van der Waals surface area contributed by atoms with Crippen molar-refractivity contribution in [2.75, 3.05) is 24.6 Å². The zero-order valence-corrected chi connectivity index (χ0v) is 12.6. The second-order valence-corrected chi connectivity index (χ2v) is 7.62. The summed E-state index contributed by atoms with van der Waals surface area (Å²) >= 11 is 2.18. The van der Waals surface area contributed by atoms with Gasteiger partial charge < -0.3 is 5.32 Å². The summed E-state index contributed by atoms with van der Waals surface area (Å²) in [7, 11) is 0. The average Bonchev–Trinajstić information content (AvgIpc) is 2.88. The summed E-state index contributed by atoms with van der Waals surface area (Å²) < 4.78 is 0. The van der Waals surface area contributed by atoms with E-state index in [0.29, 0.717) is 5.54 Å². The fraction of sp³-hybridized carbons (Fsp3) is 1.00. The van der Waals surface area contributed by atoms with Crippen molar-refractivity contribution in [2.24, 2.45) is 0 Å². The van der Waals surface area contributed by atoms with Crippen molar-refractivity contribution in [2.45, 2.75) is 69.5 Å². The molecule has 1 spiro atoms. The largest absolute Gasteiger partial charge is 0.308 e. The second kappa shape index (κ2) is 5.72. The fourth-order valence-corrected chi connectivity index (χ4v) is 5.33. The number of rotatable bonds is 2. The molecule has 1 saturated carbocycles. The van der Waals surface area contributed by atoms with Gasteiger partial charge in [-0.2, -0.15) is 11.8 Å². The molecule has 2 unspecified atom stereocenters. The predicted octanol–water partition coefficient (Wildman–Crippen LogP) is 2.88. The second-order valence-electron chi connectivity index (χ2n) is 6.47. The first-order valence-electron chi connectivity index (χ1n) is 7.91. The van der Waals surface area contributed by atoms with Gasteiger partial charge in [0.05, 0.1) is 0 Å². The number of thioether (sulfide) groups is 1. The van der Waals surface area contributed by atoms with Crippen LogP contribution in [0.3, 0.4) is 0 Å². The Labute approximate surface area is 116 Å². The highest BCUT2D eigenvalue weighted by molar-refractivity contribution is 7.99. The molecule has 2 aliphatic heterocycles. The lowest BCUT2D eigenvalue weighted by Gasteiger charge is -2.50. The van der Waals surface area contributed by atoms with E-state index >= 15 is 0 Å². The molecule has 1 N–H and O–H groups in total. The molecule has 3 rings (SSSR count). The summed E-state index contributed by atoms with van der Waals surface area (Å²) in [6.07, 6.45) is 9.90. The molecule has 0 radical (unpaired) electrons. The van der Waals surface area contributed by atoms with E-state index in [1.807, 2.05) is 0 Å². The highest BCUT2D eigenvalue weighted by Gasteiger charge is 2.42. The van der Waals surface area contributed by atoms with E-state index in [0.717, 1.165) is 12.1 Å². The quantitative estimate of drug-likeness (QED) is 0.829. The molecule has 0 aromatic heterocycles. The standard InChI is InChI=1S/C15H28N2S/c1-2-13-10-16-15(7-3-4-8-15)12-17(13)14-6-5-9-18-11-14/h13-14,16H,2-12H2,1H3. The summed E-state index contributed by atoms with van der Waals surface area (Å²) in [4.78, 5) is 2.90. The van der Waals surface area contributed by atoms with E-state index in [1.54, 1.807) is 0 Å². The SMILES string of the molecule is CCC1CNC2(CCCC2)CN1C1CCCSC1. The Balaban J connectivity index is 1.70. The van der Waals surface area contributed by atoms with Crippen molar-refractivity contribution in [1.82, 2.24) is 10.2 Å². The Morgan fingerprint density at radius 3 is 2.78 bits per heavy atom. The molecule has 104 valence electrons. The number of nitrogens with zero attached hydrogens (tertiary/aromatic N) is 1. The predicted molar refractivity (Wildman–Crippen MR) is 80.3 cm³/mol. The fourth-order valence-electron chi connectivity index (χ4n) is 4.16. The topological polar surface area (TPSA) is 15.3 Å². The molecule has 18 heavy (non-hydrogen) atoms. The lowest BCUT2D eigenvalue weighted by atomic mass is 9.90. The summed E-state index contributed by atoms with van der Waals surface area (Å²) in [6, 6.07) is 1.66. The van der Waals surface area contributed by atoms with Gasteiger partial charge in [0, 0.05) is 36.5 Å². The minimum Gasteiger partial charge on any atom is -0.308 e. The molecule has 0 bridgehead atoms. The molecule has 2 atom stereocenters. The maximum Gasteiger partial charge on any atom is 0.0309 e. The van der Waals surface area contributed by atoms with Gasteiger partial charge in [-0.15, -0.1) is 0 Å². The Morgan fingerprint density at radius 2 is 2.11 bits per heavy atom. The third-order valence-corrected chi connectivity index (χ3v) is 6.50. The van der Waals surface area contributed by atoms with Crippen LogP contribution in [0.25, 0.3) is 0 Å². The van der Waals surface area contributed by atoms with E-state index in [4.69, 9.17) is 0 Å². The minimum atomic E-state index is 0.494. The number of hydrogen-bond acceptors (Lipinski definition) is 3. The summed E-state index contributed by atoms with van der Waals surface area (Å²) in [6.45, 7) is 4.93. The normalized spacial score (nSPS) is 37.2. The lowest BCUT2D eigenvalue weighted by Crippen LogP contribution is -2.65. The first kappa shape index (κ1) is 13.3. The van der Waals surface area contributed by atoms with Crippen molar-refractivity contribution >= 4 is 11.8 Å². The van der Waals surface area contributed by atoms with Crippen LogP contribution in [0.1, 0.15) is 51.9 Å². The van der Waals surface area contributed by atoms with Crippen LogP contribution in [-0.2, 0) is 0 Å². The van der Waals surface area contributed by atoms with Crippen LogP contribution in [0.15, 0.2) is 0 Å². The molecule has 2 heterocycles. The maximum absolute atomic E-state index is 3.92. The molecule has 2 saturated heterocycles. The van der Waals surface area contributed by atoms with E-state index in [1.165, 1.54) is 69.5 Å². The van der Waals surface area contributed by atoms with Crippen molar-refractivity contribution in [3.05, 3.63) is 0 Å². The molecule has 0 amide bonds. The van der Waals surface area contributed by atoms with E-state index in [-0.39, 0.29) is 0 Å². The van der Waals surface area contributed by atoms with Gasteiger partial charge in [0.1, 0.15) is 0 Å². The molecule has 0 aromatic carbocycles. The highest BCUT2D eigenvalue weighted by Crippen LogP contribution is 2.36. The van der Waals surface area contributed by atoms with E-state index in [2.05, 4.69) is 28.9 Å². The first-order chi connectivity index (χ1) is 8.83. The molecule has 3 aliphatic rings. The van der Waals surface area contributed by atoms with Gasteiger partial charge in [-0.25, -0.2) is 0 Å². The summed E-state index contributed by atoms with van der Waals surface area (Å²) in [5.74, 6) is 2.77. The Morgan fingerprint density at radius 1 is 1.28 bits per heavy atom. The van der Waals surface area contributed by atoms with Crippen molar-refractivity contribution in [3.8, 4) is 0 Å². The molecule has 1 aliphatic carbocycles. The highest BCUT2D eigenvalue weighted by atomic mass is 32.2. The van der Waals surface area contributed by atoms with Gasteiger partial charge in [-0.1, -0.05) is 19.8 Å². The number of piperazine rings is 1. The van der Waals surface area contributed by atoms with Gasteiger partial charge >= 0.3 is 0 Å². The van der Waals surface area contributed by atoms with E-state index < -0.39 is 0 Å². The van der Waals surface area contributed by atoms with E-state index in [9.17, 15) is 0 Å². The third-order valence-electron chi connectivity index (χ3n) is 5.30. The van der Waals surface area contributed by atoms with Crippen molar-refractivity contribution in [3.63, 3.8) is 0 Å². The summed E-state index contributed by atoms with van der Waals surface area (Å²) in [5, 5.41) is 3.92. The Kier molecular flexibility index (Phi) is 4.21. The van der Waals surface area contributed by atoms with Crippen LogP contribution >= 0.6 is 11.8 Å². The van der Waals surface area contributed by atoms with Gasteiger partial charge in [0.15, 0.2) is 0 Å². The first-order valence-corrected chi connectivity index (χ1v) is 9.07. The number of hydrogen-bond donors (Lipinski definition) is 1. The molecule has 2 nitrogen and oxygen atoms in total. The smallest absolute Gasteiger partial charge is 0.0309 e. The van der Waals surface area contributed by atoms with Gasteiger partial charge in [0.25, 0.3) is 0 Å². The van der Waals surface area contributed by atoms with Crippen LogP contribution in [0.2, 0.25) is 0 Å². The summed E-state index contributed by atoms with van der Waals surface area (Å²) in [5.41, 5.74) is 0.494. The van der Waals surface area contributed by atoms with Crippen molar-refractivity contribution < 1.29 is 0 Å². The van der Waals surface area contributed by atoms with Gasteiger partial charge in [0.2, 0.25) is 0 Å². The maximum atomic E-state index is 3.92. The Hall–Kier alpha value is 0.270. The Bertz CT molecular complexity index is 270. The number of nitrogens with one attached hydrogen (secondary N) is 1. The van der Waals surface area contributed by atoms with Gasteiger partial charge in [-0.05, 0) is 37.9 Å². The molecule has 0 aromatic rings. The molecular weight excluding hydrogens is 240 g/mol. The minimum absolute atomic E-state index is 0.494. The van der Waals surface area contributed by atoms with Crippen LogP contribution in [0.5, 0.6) is 0 Å². The van der Waals surface area contributed by atoms with Gasteiger partial charge in [-0.3, -0.25) is 4.90 Å². The molecule has 3 fully saturated rings. The third kappa shape index (κ3) is 2.59. The lowest BCUT2D eigenvalue weighted by molar-refractivity contribution is 0.0443. The average molecular weight is 268 g/mol. The van der Waals surface area contributed by atoms with Crippen LogP contribution in [0, 0.1) is 0 Å². The van der Waals surface area contributed by atoms with Crippen LogP contribution in [0.4, 0.5) is 0 Å². The molecule has 3 heteroatoms.